The smallest absolute Gasteiger partial charge is 0.251 e. The third kappa shape index (κ3) is 5.15. The second-order valence-corrected chi connectivity index (χ2v) is 9.26. The molecular weight excluding hydrogens is 398 g/mol. The van der Waals surface area contributed by atoms with E-state index in [1.165, 1.54) is 30.8 Å². The first-order chi connectivity index (χ1) is 14.8. The zero-order chi connectivity index (χ0) is 20.8. The Morgan fingerprint density at radius 1 is 1.20 bits per heavy atom. The first kappa shape index (κ1) is 21.6. The fraction of sp³-hybridized carbons (Fsp3) is 0.727. The summed E-state index contributed by atoms with van der Waals surface area (Å²) in [5, 5.41) is 5.64. The fourth-order valence-corrected chi connectivity index (χ4v) is 5.49. The van der Waals surface area contributed by atoms with Gasteiger partial charge in [-0.3, -0.25) is 14.7 Å². The average Bonchev–Trinajstić information content (AvgIpc) is 3.56. The third-order valence-electron chi connectivity index (χ3n) is 6.30. The summed E-state index contributed by atoms with van der Waals surface area (Å²) in [7, 11) is 0. The molecule has 4 rings (SSSR count). The van der Waals surface area contributed by atoms with Crippen LogP contribution in [0.15, 0.2) is 22.5 Å². The van der Waals surface area contributed by atoms with Crippen LogP contribution < -0.4 is 5.32 Å². The summed E-state index contributed by atoms with van der Waals surface area (Å²) < 4.78 is 5.59. The van der Waals surface area contributed by atoms with E-state index in [4.69, 9.17) is 9.73 Å². The van der Waals surface area contributed by atoms with Gasteiger partial charge in [-0.25, -0.2) is 0 Å². The minimum Gasteiger partial charge on any atom is -0.368 e. The number of piperazine rings is 1. The van der Waals surface area contributed by atoms with Gasteiger partial charge in [0.05, 0.1) is 12.6 Å². The van der Waals surface area contributed by atoms with Crippen molar-refractivity contribution in [1.29, 1.82) is 0 Å². The lowest BCUT2D eigenvalue weighted by Gasteiger charge is -2.37. The number of carbonyl (C=O) groups is 1. The number of nitrogens with one attached hydrogen (secondary N) is 1. The molecule has 1 N–H and O–H groups in total. The number of carbonyl (C=O) groups excluding carboxylic acids is 1. The van der Waals surface area contributed by atoms with Gasteiger partial charge in [0.25, 0.3) is 5.91 Å². The van der Waals surface area contributed by atoms with Crippen LogP contribution >= 0.6 is 11.3 Å². The van der Waals surface area contributed by atoms with E-state index in [1.54, 1.807) is 0 Å². The number of thiophene rings is 1. The Labute approximate surface area is 184 Å². The quantitative estimate of drug-likeness (QED) is 0.550. The standard InChI is InChI=1S/C22H35N5O2S/c1-2-23-22(24-17-18(20-8-6-16-30-20)25-9-3-4-10-25)27-13-11-26(12-14-27)21(28)19-7-5-15-29-19/h6,8,16,18-19H,2-5,7,9-15,17H2,1H3,(H,23,24). The van der Waals surface area contributed by atoms with Crippen molar-refractivity contribution in [3.8, 4) is 0 Å². The van der Waals surface area contributed by atoms with Gasteiger partial charge in [-0.2, -0.15) is 0 Å². The van der Waals surface area contributed by atoms with Crippen LogP contribution in [0.2, 0.25) is 0 Å². The lowest BCUT2D eigenvalue weighted by Crippen LogP contribution is -2.55. The van der Waals surface area contributed by atoms with Crippen molar-refractivity contribution in [3.63, 3.8) is 0 Å². The molecule has 30 heavy (non-hydrogen) atoms. The van der Waals surface area contributed by atoms with Gasteiger partial charge in [-0.15, -0.1) is 11.3 Å². The molecule has 8 heteroatoms. The predicted octanol–water partition coefficient (Wildman–Crippen LogP) is 2.17. The van der Waals surface area contributed by atoms with Crippen molar-refractivity contribution in [2.75, 3.05) is 59.0 Å². The number of guanidine groups is 1. The Bertz CT molecular complexity index is 690. The Kier molecular flexibility index (Phi) is 7.62. The molecule has 0 spiro atoms. The van der Waals surface area contributed by atoms with E-state index in [2.05, 4.69) is 39.6 Å². The Morgan fingerprint density at radius 3 is 2.60 bits per heavy atom. The van der Waals surface area contributed by atoms with Crippen LogP contribution in [-0.4, -0.2) is 91.6 Å². The van der Waals surface area contributed by atoms with Crippen LogP contribution in [0.3, 0.4) is 0 Å². The Hall–Kier alpha value is -1.64. The first-order valence-electron chi connectivity index (χ1n) is 11.5. The molecule has 3 fully saturated rings. The highest BCUT2D eigenvalue weighted by Crippen LogP contribution is 2.28. The fourth-order valence-electron chi connectivity index (χ4n) is 4.63. The normalized spacial score (nSPS) is 24.4. The molecule has 1 amide bonds. The van der Waals surface area contributed by atoms with Gasteiger partial charge in [0.2, 0.25) is 0 Å². The van der Waals surface area contributed by atoms with Crippen LogP contribution in [0.4, 0.5) is 0 Å². The minimum atomic E-state index is -0.217. The lowest BCUT2D eigenvalue weighted by atomic mass is 10.2. The Morgan fingerprint density at radius 2 is 1.97 bits per heavy atom. The average molecular weight is 434 g/mol. The first-order valence-corrected chi connectivity index (χ1v) is 12.4. The molecule has 0 radical (unpaired) electrons. The molecule has 2 atom stereocenters. The second kappa shape index (κ2) is 10.6. The van der Waals surface area contributed by atoms with Crippen molar-refractivity contribution < 1.29 is 9.53 Å². The van der Waals surface area contributed by atoms with Crippen LogP contribution in [0.5, 0.6) is 0 Å². The van der Waals surface area contributed by atoms with Crippen molar-refractivity contribution in [3.05, 3.63) is 22.4 Å². The zero-order valence-electron chi connectivity index (χ0n) is 18.1. The molecule has 3 aliphatic rings. The highest BCUT2D eigenvalue weighted by atomic mass is 32.1. The Balaban J connectivity index is 1.38. The van der Waals surface area contributed by atoms with Crippen LogP contribution in [0.25, 0.3) is 0 Å². The molecule has 1 aromatic rings. The molecule has 4 heterocycles. The number of nitrogens with zero attached hydrogens (tertiary/aromatic N) is 4. The molecule has 0 aliphatic carbocycles. The predicted molar refractivity (Wildman–Crippen MR) is 121 cm³/mol. The number of rotatable bonds is 6. The molecule has 7 nitrogen and oxygen atoms in total. The second-order valence-electron chi connectivity index (χ2n) is 8.28. The summed E-state index contributed by atoms with van der Waals surface area (Å²) in [6, 6.07) is 4.75. The molecule has 3 saturated heterocycles. The topological polar surface area (TPSA) is 60.4 Å². The van der Waals surface area contributed by atoms with Crippen molar-refractivity contribution >= 4 is 23.2 Å². The van der Waals surface area contributed by atoms with Crippen molar-refractivity contribution in [2.24, 2.45) is 4.99 Å². The van der Waals surface area contributed by atoms with Gasteiger partial charge in [-0.1, -0.05) is 6.07 Å². The molecule has 0 aromatic carbocycles. The summed E-state index contributed by atoms with van der Waals surface area (Å²) in [5.74, 6) is 1.14. The number of hydrogen-bond donors (Lipinski definition) is 1. The molecule has 1 aromatic heterocycles. The van der Waals surface area contributed by atoms with Crippen molar-refractivity contribution in [1.82, 2.24) is 20.0 Å². The van der Waals surface area contributed by atoms with E-state index in [1.807, 2.05) is 16.2 Å². The van der Waals surface area contributed by atoms with Crippen molar-refractivity contribution in [2.45, 2.75) is 44.8 Å². The van der Waals surface area contributed by atoms with E-state index < -0.39 is 0 Å². The van der Waals surface area contributed by atoms with E-state index in [0.29, 0.717) is 6.04 Å². The van der Waals surface area contributed by atoms with Crippen LogP contribution in [0, 0.1) is 0 Å². The summed E-state index contributed by atoms with van der Waals surface area (Å²) in [4.78, 5) is 25.9. The molecule has 166 valence electrons. The maximum absolute atomic E-state index is 12.6. The van der Waals surface area contributed by atoms with E-state index in [-0.39, 0.29) is 12.0 Å². The maximum Gasteiger partial charge on any atom is 0.251 e. The van der Waals surface area contributed by atoms with E-state index in [0.717, 1.165) is 64.7 Å². The van der Waals surface area contributed by atoms with Crippen LogP contribution in [-0.2, 0) is 9.53 Å². The number of aliphatic imine (C=N–C) groups is 1. The maximum atomic E-state index is 12.6. The number of likely N-dealkylation sites (tertiary alicyclic amines) is 1. The molecular formula is C22H35N5O2S. The summed E-state index contributed by atoms with van der Waals surface area (Å²) in [6.45, 7) is 9.90. The monoisotopic (exact) mass is 433 g/mol. The molecule has 0 bridgehead atoms. The van der Waals surface area contributed by atoms with Gasteiger partial charge >= 0.3 is 0 Å². The van der Waals surface area contributed by atoms with Gasteiger partial charge < -0.3 is 19.9 Å². The number of ether oxygens (including phenoxy) is 1. The summed E-state index contributed by atoms with van der Waals surface area (Å²) >= 11 is 1.83. The highest BCUT2D eigenvalue weighted by Gasteiger charge is 2.31. The summed E-state index contributed by atoms with van der Waals surface area (Å²) in [5.41, 5.74) is 0. The van der Waals surface area contributed by atoms with Gasteiger partial charge in [0, 0.05) is 44.2 Å². The van der Waals surface area contributed by atoms with E-state index >= 15 is 0 Å². The SMILES string of the molecule is CCNC(=NCC(c1cccs1)N1CCCC1)N1CCN(C(=O)C2CCCO2)CC1. The van der Waals surface area contributed by atoms with Gasteiger partial charge in [0.1, 0.15) is 6.10 Å². The van der Waals surface area contributed by atoms with Crippen LogP contribution in [0.1, 0.15) is 43.5 Å². The van der Waals surface area contributed by atoms with E-state index in [9.17, 15) is 4.79 Å². The third-order valence-corrected chi connectivity index (χ3v) is 7.27. The molecule has 2 unspecified atom stereocenters. The molecule has 0 saturated carbocycles. The minimum absolute atomic E-state index is 0.167. The zero-order valence-corrected chi connectivity index (χ0v) is 18.9. The largest absolute Gasteiger partial charge is 0.368 e. The summed E-state index contributed by atoms with van der Waals surface area (Å²) in [6.07, 6.45) is 4.21. The highest BCUT2D eigenvalue weighted by molar-refractivity contribution is 7.10. The number of amides is 1. The number of hydrogen-bond acceptors (Lipinski definition) is 5. The van der Waals surface area contributed by atoms with Gasteiger partial charge in [-0.05, 0) is 57.1 Å². The van der Waals surface area contributed by atoms with Gasteiger partial charge in [0.15, 0.2) is 5.96 Å². The lowest BCUT2D eigenvalue weighted by molar-refractivity contribution is -0.142. The molecule has 3 aliphatic heterocycles.